The summed E-state index contributed by atoms with van der Waals surface area (Å²) >= 11 is 0. The number of hydrogen-bond donors (Lipinski definition) is 0. The van der Waals surface area contributed by atoms with Crippen LogP contribution in [0.15, 0.2) is 64.3 Å². The van der Waals surface area contributed by atoms with E-state index in [-0.39, 0.29) is 11.1 Å². The van der Waals surface area contributed by atoms with Gasteiger partial charge in [0.05, 0.1) is 14.2 Å². The highest BCUT2D eigenvalue weighted by atomic mass is 16.5. The molecule has 24 heavy (non-hydrogen) atoms. The van der Waals surface area contributed by atoms with E-state index in [1.807, 2.05) is 30.3 Å². The summed E-state index contributed by atoms with van der Waals surface area (Å²) in [7, 11) is 2.44. The van der Waals surface area contributed by atoms with Gasteiger partial charge in [0.2, 0.25) is 0 Å². The Kier molecular flexibility index (Phi) is 5.90. The number of furan rings is 1. The highest BCUT2D eigenvalue weighted by Gasteiger charge is 2.20. The van der Waals surface area contributed by atoms with Crippen molar-refractivity contribution >= 4 is 11.9 Å². The first-order valence-electron chi connectivity index (χ1n) is 6.83. The predicted octanol–water partition coefficient (Wildman–Crippen LogP) is 3.19. The van der Waals surface area contributed by atoms with Gasteiger partial charge >= 0.3 is 11.9 Å². The number of aromatic nitrogens is 1. The van der Waals surface area contributed by atoms with Crippen molar-refractivity contribution in [2.24, 2.45) is 0 Å². The van der Waals surface area contributed by atoms with Gasteiger partial charge in [-0.3, -0.25) is 0 Å². The smallest absolute Gasteiger partial charge is 0.342 e. The van der Waals surface area contributed by atoms with Crippen molar-refractivity contribution < 1.29 is 27.9 Å². The summed E-state index contributed by atoms with van der Waals surface area (Å²) in [5, 5.41) is 0. The van der Waals surface area contributed by atoms with E-state index in [4.69, 9.17) is 4.42 Å². The number of ether oxygens (including phenoxy) is 2. The van der Waals surface area contributed by atoms with Crippen molar-refractivity contribution in [2.45, 2.75) is 0 Å². The van der Waals surface area contributed by atoms with E-state index in [0.29, 0.717) is 0 Å². The number of carbonyl (C=O) groups is 2. The van der Waals surface area contributed by atoms with E-state index in [0.717, 1.165) is 23.8 Å². The third-order valence-electron chi connectivity index (χ3n) is 2.97. The molecule has 0 saturated heterocycles. The number of hydrogen-bond acceptors (Lipinski definition) is 7. The molecule has 1 aromatic carbocycles. The van der Waals surface area contributed by atoms with Crippen LogP contribution < -0.4 is 0 Å². The van der Waals surface area contributed by atoms with Gasteiger partial charge < -0.3 is 18.3 Å². The van der Waals surface area contributed by atoms with E-state index in [1.165, 1.54) is 20.6 Å². The van der Waals surface area contributed by atoms with E-state index in [9.17, 15) is 9.59 Å². The second-order valence-electron chi connectivity index (χ2n) is 4.42. The van der Waals surface area contributed by atoms with E-state index in [2.05, 4.69) is 18.9 Å². The molecule has 0 spiro atoms. The quantitative estimate of drug-likeness (QED) is 0.681. The highest BCUT2D eigenvalue weighted by molar-refractivity contribution is 6.02. The van der Waals surface area contributed by atoms with Gasteiger partial charge in [-0.05, 0) is 0 Å². The third-order valence-corrected chi connectivity index (χ3v) is 2.97. The minimum atomic E-state index is -0.630. The van der Waals surface area contributed by atoms with Crippen LogP contribution in [0.4, 0.5) is 0 Å². The van der Waals surface area contributed by atoms with Crippen LogP contribution >= 0.6 is 0 Å². The lowest BCUT2D eigenvalue weighted by Crippen LogP contribution is -2.08. The van der Waals surface area contributed by atoms with E-state index < -0.39 is 11.9 Å². The molecule has 2 aromatic heterocycles. The Balaban J connectivity index is 0.000000175. The van der Waals surface area contributed by atoms with Gasteiger partial charge in [-0.2, -0.15) is 0 Å². The van der Waals surface area contributed by atoms with E-state index in [1.54, 1.807) is 6.26 Å². The van der Waals surface area contributed by atoms with Crippen LogP contribution in [-0.2, 0) is 9.47 Å². The number of rotatable bonds is 3. The van der Waals surface area contributed by atoms with Gasteiger partial charge in [-0.1, -0.05) is 30.3 Å². The first-order chi connectivity index (χ1) is 11.7. The van der Waals surface area contributed by atoms with Gasteiger partial charge in [0, 0.05) is 5.56 Å². The van der Waals surface area contributed by atoms with Crippen molar-refractivity contribution in [2.75, 3.05) is 14.2 Å². The van der Waals surface area contributed by atoms with Gasteiger partial charge in [-0.15, -0.1) is 0 Å². The SMILES string of the molecule is COC(=O)c1cocc1C(=O)OC.c1ccc(-c2cocn2)cc1. The Bertz CT molecular complexity index is 746. The first kappa shape index (κ1) is 17.0. The molecule has 124 valence electrons. The predicted molar refractivity (Wildman–Crippen MR) is 83.3 cm³/mol. The summed E-state index contributed by atoms with van der Waals surface area (Å²) < 4.78 is 18.4. The average molecular weight is 329 g/mol. The molecule has 0 N–H and O–H groups in total. The van der Waals surface area contributed by atoms with Crippen molar-refractivity contribution in [3.8, 4) is 11.3 Å². The molecular weight excluding hydrogens is 314 g/mol. The normalized spacial score (nSPS) is 9.58. The topological polar surface area (TPSA) is 91.8 Å². The Labute approximate surface area is 137 Å². The molecule has 3 rings (SSSR count). The molecule has 3 aromatic rings. The molecule has 0 amide bonds. The fourth-order valence-corrected chi connectivity index (χ4v) is 1.80. The summed E-state index contributed by atoms with van der Waals surface area (Å²) in [6.45, 7) is 0. The molecule has 0 aliphatic heterocycles. The van der Waals surface area contributed by atoms with Gasteiger partial charge in [0.15, 0.2) is 6.39 Å². The molecule has 0 bridgehead atoms. The maximum Gasteiger partial charge on any atom is 0.342 e. The molecule has 2 heterocycles. The standard InChI is InChI=1S/C9H7NO.C8H8O5/c1-2-4-8(5-3-1)9-6-11-7-10-9;1-11-7(9)5-3-13-4-6(5)8(10)12-2/h1-7H;3-4H,1-2H3. The molecule has 7 nitrogen and oxygen atoms in total. The average Bonchev–Trinajstić information content (AvgIpc) is 3.33. The molecule has 0 unspecified atom stereocenters. The first-order valence-corrected chi connectivity index (χ1v) is 6.83. The Morgan fingerprint density at radius 3 is 1.92 bits per heavy atom. The van der Waals surface area contributed by atoms with Crippen LogP contribution in [0, 0.1) is 0 Å². The molecule has 0 fully saturated rings. The second-order valence-corrected chi connectivity index (χ2v) is 4.42. The zero-order valence-corrected chi connectivity index (χ0v) is 13.1. The molecule has 7 heteroatoms. The molecule has 0 aliphatic rings. The minimum absolute atomic E-state index is 0.0642. The number of esters is 2. The number of benzene rings is 1. The molecule has 0 saturated carbocycles. The minimum Gasteiger partial charge on any atom is -0.471 e. The molecular formula is C17H15NO6. The van der Waals surface area contributed by atoms with Crippen molar-refractivity contribution in [3.63, 3.8) is 0 Å². The third kappa shape index (κ3) is 4.10. The van der Waals surface area contributed by atoms with Crippen molar-refractivity contribution in [1.82, 2.24) is 4.98 Å². The molecule has 0 aliphatic carbocycles. The van der Waals surface area contributed by atoms with Crippen LogP contribution in [0.25, 0.3) is 11.3 Å². The Morgan fingerprint density at radius 1 is 0.875 bits per heavy atom. The Hall–Kier alpha value is -3.35. The maximum atomic E-state index is 11.0. The zero-order valence-electron chi connectivity index (χ0n) is 13.1. The van der Waals surface area contributed by atoms with Crippen LogP contribution in [0.3, 0.4) is 0 Å². The fraction of sp³-hybridized carbons (Fsp3) is 0.118. The molecule has 0 radical (unpaired) electrons. The van der Waals surface area contributed by atoms with Crippen molar-refractivity contribution in [1.29, 1.82) is 0 Å². The number of methoxy groups -OCH3 is 2. The lowest BCUT2D eigenvalue weighted by Gasteiger charge is -1.97. The largest absolute Gasteiger partial charge is 0.471 e. The number of nitrogens with zero attached hydrogens (tertiary/aromatic N) is 1. The van der Waals surface area contributed by atoms with Gasteiger partial charge in [-0.25, -0.2) is 14.6 Å². The van der Waals surface area contributed by atoms with Crippen LogP contribution in [-0.4, -0.2) is 31.1 Å². The lowest BCUT2D eigenvalue weighted by molar-refractivity contribution is 0.0556. The lowest BCUT2D eigenvalue weighted by atomic mass is 10.2. The highest BCUT2D eigenvalue weighted by Crippen LogP contribution is 2.15. The van der Waals surface area contributed by atoms with E-state index >= 15 is 0 Å². The summed E-state index contributed by atoms with van der Waals surface area (Å²) in [5.41, 5.74) is 2.09. The maximum absolute atomic E-state index is 11.0. The summed E-state index contributed by atoms with van der Waals surface area (Å²) in [6.07, 6.45) is 5.34. The fourth-order valence-electron chi connectivity index (χ4n) is 1.80. The summed E-state index contributed by atoms with van der Waals surface area (Å²) in [4.78, 5) is 26.1. The number of oxazole rings is 1. The second kappa shape index (κ2) is 8.33. The molecule has 0 atom stereocenters. The van der Waals surface area contributed by atoms with Crippen LogP contribution in [0.5, 0.6) is 0 Å². The van der Waals surface area contributed by atoms with Crippen LogP contribution in [0.1, 0.15) is 20.7 Å². The summed E-state index contributed by atoms with van der Waals surface area (Å²) in [6, 6.07) is 9.92. The van der Waals surface area contributed by atoms with Crippen molar-refractivity contribution in [3.05, 3.63) is 66.6 Å². The van der Waals surface area contributed by atoms with Gasteiger partial charge in [0.25, 0.3) is 0 Å². The monoisotopic (exact) mass is 329 g/mol. The summed E-state index contributed by atoms with van der Waals surface area (Å²) in [5.74, 6) is -1.26. The van der Waals surface area contributed by atoms with Crippen LogP contribution in [0.2, 0.25) is 0 Å². The zero-order chi connectivity index (χ0) is 17.4. The number of carbonyl (C=O) groups excluding carboxylic acids is 2. The van der Waals surface area contributed by atoms with Gasteiger partial charge in [0.1, 0.15) is 35.6 Å². The Morgan fingerprint density at radius 2 is 1.46 bits per heavy atom.